The van der Waals surface area contributed by atoms with Crippen molar-refractivity contribution >= 4 is 33.5 Å². The Morgan fingerprint density at radius 3 is 2.74 bits per heavy atom. The first-order valence-electron chi connectivity index (χ1n) is 5.56. The molecule has 1 aromatic carbocycles. The lowest BCUT2D eigenvalue weighted by Gasteiger charge is -2.08. The maximum absolute atomic E-state index is 11.6. The fourth-order valence-electron chi connectivity index (χ4n) is 1.37. The van der Waals surface area contributed by atoms with E-state index >= 15 is 0 Å². The summed E-state index contributed by atoms with van der Waals surface area (Å²) in [6.45, 7) is 1.23. The molecule has 0 saturated heterocycles. The summed E-state index contributed by atoms with van der Waals surface area (Å²) in [5.41, 5.74) is 0.544. The minimum atomic E-state index is -1.05. The predicted molar refractivity (Wildman–Crippen MR) is 74.5 cm³/mol. The molecule has 1 aromatic rings. The standard InChI is InChI=1S/C12H15BrN2O4/c1-19-3-2-14-7-11(16)15-10-5-8(12(17)18)4-9(13)6-10/h4-6,14H,2-3,7H2,1H3,(H,15,16)(H,17,18). The molecule has 0 atom stereocenters. The number of hydrogen-bond donors (Lipinski definition) is 3. The van der Waals surface area contributed by atoms with Crippen LogP contribution in [-0.4, -0.2) is 43.8 Å². The van der Waals surface area contributed by atoms with E-state index in [1.165, 1.54) is 12.1 Å². The van der Waals surface area contributed by atoms with Crippen molar-refractivity contribution in [2.75, 3.05) is 32.1 Å². The number of hydrogen-bond acceptors (Lipinski definition) is 4. The van der Waals surface area contributed by atoms with E-state index in [4.69, 9.17) is 9.84 Å². The van der Waals surface area contributed by atoms with Crippen molar-refractivity contribution in [3.05, 3.63) is 28.2 Å². The highest BCUT2D eigenvalue weighted by atomic mass is 79.9. The van der Waals surface area contributed by atoms with E-state index in [2.05, 4.69) is 26.6 Å². The van der Waals surface area contributed by atoms with E-state index in [1.54, 1.807) is 13.2 Å². The van der Waals surface area contributed by atoms with Crippen molar-refractivity contribution in [1.82, 2.24) is 5.32 Å². The van der Waals surface area contributed by atoms with E-state index < -0.39 is 5.97 Å². The molecule has 0 aromatic heterocycles. The van der Waals surface area contributed by atoms with Gasteiger partial charge in [-0.2, -0.15) is 0 Å². The molecule has 0 aliphatic rings. The van der Waals surface area contributed by atoms with Crippen LogP contribution in [-0.2, 0) is 9.53 Å². The number of nitrogens with one attached hydrogen (secondary N) is 2. The summed E-state index contributed by atoms with van der Waals surface area (Å²) in [6, 6.07) is 4.51. The number of halogens is 1. The van der Waals surface area contributed by atoms with Crippen LogP contribution in [0.1, 0.15) is 10.4 Å². The highest BCUT2D eigenvalue weighted by Gasteiger charge is 2.08. The van der Waals surface area contributed by atoms with Gasteiger partial charge in [-0.25, -0.2) is 4.79 Å². The van der Waals surface area contributed by atoms with E-state index in [9.17, 15) is 9.59 Å². The Hall–Kier alpha value is -1.44. The quantitative estimate of drug-likeness (QED) is 0.656. The lowest BCUT2D eigenvalue weighted by molar-refractivity contribution is -0.115. The van der Waals surface area contributed by atoms with Gasteiger partial charge in [-0.1, -0.05) is 15.9 Å². The average Bonchev–Trinajstić information content (AvgIpc) is 2.34. The third kappa shape index (κ3) is 5.82. The highest BCUT2D eigenvalue weighted by Crippen LogP contribution is 2.19. The Morgan fingerprint density at radius 2 is 2.11 bits per heavy atom. The van der Waals surface area contributed by atoms with Gasteiger partial charge in [0.15, 0.2) is 0 Å². The van der Waals surface area contributed by atoms with Crippen LogP contribution < -0.4 is 10.6 Å². The van der Waals surface area contributed by atoms with Gasteiger partial charge in [0.25, 0.3) is 0 Å². The monoisotopic (exact) mass is 330 g/mol. The number of ether oxygens (including phenoxy) is 1. The molecule has 0 fully saturated rings. The number of methoxy groups -OCH3 is 1. The van der Waals surface area contributed by atoms with Crippen LogP contribution in [0.5, 0.6) is 0 Å². The van der Waals surface area contributed by atoms with Gasteiger partial charge in [-0.15, -0.1) is 0 Å². The third-order valence-electron chi connectivity index (χ3n) is 2.20. The first-order valence-corrected chi connectivity index (χ1v) is 6.35. The molecule has 0 radical (unpaired) electrons. The van der Waals surface area contributed by atoms with Gasteiger partial charge < -0.3 is 20.5 Å². The molecule has 104 valence electrons. The zero-order valence-corrected chi connectivity index (χ0v) is 12.0. The second-order valence-corrected chi connectivity index (χ2v) is 4.67. The second kappa shape index (κ2) is 7.88. The molecule has 0 aliphatic heterocycles. The van der Waals surface area contributed by atoms with E-state index in [0.29, 0.717) is 23.3 Å². The fraction of sp³-hybridized carbons (Fsp3) is 0.333. The molecule has 6 nitrogen and oxygen atoms in total. The lowest BCUT2D eigenvalue weighted by atomic mass is 10.2. The number of carboxylic acid groups (broad SMARTS) is 1. The number of carbonyl (C=O) groups excluding carboxylic acids is 1. The smallest absolute Gasteiger partial charge is 0.335 e. The molecular formula is C12H15BrN2O4. The van der Waals surface area contributed by atoms with Gasteiger partial charge in [0.1, 0.15) is 0 Å². The summed E-state index contributed by atoms with van der Waals surface area (Å²) in [5, 5.41) is 14.4. The van der Waals surface area contributed by atoms with E-state index in [0.717, 1.165) is 0 Å². The molecular weight excluding hydrogens is 316 g/mol. The topological polar surface area (TPSA) is 87.7 Å². The molecule has 0 spiro atoms. The summed E-state index contributed by atoms with van der Waals surface area (Å²) in [7, 11) is 1.58. The van der Waals surface area contributed by atoms with Crippen LogP contribution in [0, 0.1) is 0 Å². The summed E-state index contributed by atoms with van der Waals surface area (Å²) < 4.78 is 5.43. The van der Waals surface area contributed by atoms with Crippen molar-refractivity contribution in [1.29, 1.82) is 0 Å². The minimum absolute atomic E-state index is 0.108. The number of carbonyl (C=O) groups is 2. The number of amides is 1. The van der Waals surface area contributed by atoms with Crippen LogP contribution in [0.2, 0.25) is 0 Å². The van der Waals surface area contributed by atoms with Crippen LogP contribution in [0.25, 0.3) is 0 Å². The second-order valence-electron chi connectivity index (χ2n) is 3.75. The maximum atomic E-state index is 11.6. The molecule has 19 heavy (non-hydrogen) atoms. The molecule has 0 saturated carbocycles. The minimum Gasteiger partial charge on any atom is -0.478 e. The Labute approximate surface area is 119 Å². The van der Waals surface area contributed by atoms with Crippen molar-refractivity contribution < 1.29 is 19.4 Å². The third-order valence-corrected chi connectivity index (χ3v) is 2.65. The summed E-state index contributed by atoms with van der Waals surface area (Å²) in [5.74, 6) is -1.29. The van der Waals surface area contributed by atoms with Crippen molar-refractivity contribution in [2.24, 2.45) is 0 Å². The van der Waals surface area contributed by atoms with Gasteiger partial charge in [-0.3, -0.25) is 4.79 Å². The molecule has 3 N–H and O–H groups in total. The number of aromatic carboxylic acids is 1. The normalized spacial score (nSPS) is 10.2. The van der Waals surface area contributed by atoms with Crippen LogP contribution in [0.3, 0.4) is 0 Å². The largest absolute Gasteiger partial charge is 0.478 e. The Morgan fingerprint density at radius 1 is 1.37 bits per heavy atom. The summed E-state index contributed by atoms with van der Waals surface area (Å²) in [4.78, 5) is 22.5. The summed E-state index contributed by atoms with van der Waals surface area (Å²) in [6.07, 6.45) is 0. The van der Waals surface area contributed by atoms with E-state index in [-0.39, 0.29) is 18.0 Å². The first kappa shape index (κ1) is 15.6. The molecule has 1 rings (SSSR count). The Kier molecular flexibility index (Phi) is 6.48. The number of rotatable bonds is 7. The van der Waals surface area contributed by atoms with Crippen molar-refractivity contribution in [2.45, 2.75) is 0 Å². The van der Waals surface area contributed by atoms with Crippen molar-refractivity contribution in [3.8, 4) is 0 Å². The lowest BCUT2D eigenvalue weighted by Crippen LogP contribution is -2.30. The van der Waals surface area contributed by atoms with Crippen LogP contribution >= 0.6 is 15.9 Å². The molecule has 0 unspecified atom stereocenters. The van der Waals surface area contributed by atoms with Gasteiger partial charge in [-0.05, 0) is 18.2 Å². The molecule has 0 heterocycles. The first-order chi connectivity index (χ1) is 9.02. The molecule has 0 bridgehead atoms. The highest BCUT2D eigenvalue weighted by molar-refractivity contribution is 9.10. The number of benzene rings is 1. The SMILES string of the molecule is COCCNCC(=O)Nc1cc(Br)cc(C(=O)O)c1. The fourth-order valence-corrected chi connectivity index (χ4v) is 1.86. The molecule has 7 heteroatoms. The molecule has 0 aliphatic carbocycles. The average molecular weight is 331 g/mol. The van der Waals surface area contributed by atoms with Gasteiger partial charge >= 0.3 is 5.97 Å². The van der Waals surface area contributed by atoms with E-state index in [1.807, 2.05) is 0 Å². The van der Waals surface area contributed by atoms with Gasteiger partial charge in [0.05, 0.1) is 18.7 Å². The van der Waals surface area contributed by atoms with Gasteiger partial charge in [0, 0.05) is 23.8 Å². The maximum Gasteiger partial charge on any atom is 0.335 e. The zero-order valence-electron chi connectivity index (χ0n) is 10.4. The van der Waals surface area contributed by atoms with Crippen molar-refractivity contribution in [3.63, 3.8) is 0 Å². The number of anilines is 1. The Balaban J connectivity index is 2.56. The van der Waals surface area contributed by atoms with Crippen LogP contribution in [0.4, 0.5) is 5.69 Å². The zero-order chi connectivity index (χ0) is 14.3. The summed E-state index contributed by atoms with van der Waals surface area (Å²) >= 11 is 3.20. The molecule has 1 amide bonds. The van der Waals surface area contributed by atoms with Crippen LogP contribution in [0.15, 0.2) is 22.7 Å². The predicted octanol–water partition coefficient (Wildman–Crippen LogP) is 1.32. The number of carboxylic acids is 1. The Bertz CT molecular complexity index is 465. The van der Waals surface area contributed by atoms with Gasteiger partial charge in [0.2, 0.25) is 5.91 Å².